The summed E-state index contributed by atoms with van der Waals surface area (Å²) in [7, 11) is 1.78. The molecule has 10 aromatic rings. The molecule has 2 aliphatic rings. The lowest BCUT2D eigenvalue weighted by molar-refractivity contribution is -0.156. The number of hydrogen-bond acceptors (Lipinski definition) is 14. The Hall–Kier alpha value is -8.84. The number of nitrogens with one attached hydrogen (secondary N) is 3. The smallest absolute Gasteiger partial charge is 0.353 e. The number of β-lactam (4-membered cyclic amide) rings is 1. The van der Waals surface area contributed by atoms with Crippen LogP contribution in [0.4, 0.5) is 10.3 Å². The molecule has 1 fully saturated rings. The average Bonchev–Trinajstić information content (AvgIpc) is 2.94. The second kappa shape index (κ2) is 25.8. The molecule has 0 spiro atoms. The van der Waals surface area contributed by atoms with Crippen molar-refractivity contribution in [2.24, 2.45) is 11.1 Å². The van der Waals surface area contributed by atoms with Gasteiger partial charge in [0, 0.05) is 40.5 Å². The number of thioether (sulfide) groups is 2. The van der Waals surface area contributed by atoms with E-state index in [0.717, 1.165) is 39.2 Å². The van der Waals surface area contributed by atoms with Gasteiger partial charge in [0.2, 0.25) is 10.7 Å². The van der Waals surface area contributed by atoms with Crippen molar-refractivity contribution in [3.63, 3.8) is 0 Å². The summed E-state index contributed by atoms with van der Waals surface area (Å²) in [5.74, 6) is -3.51. The fraction of sp³-hybridized carbons (Fsp3) is 0.132. The highest BCUT2D eigenvalue weighted by atomic mass is 35.5. The maximum absolute atomic E-state index is 15.9. The first-order chi connectivity index (χ1) is 42.2. The van der Waals surface area contributed by atoms with Crippen LogP contribution in [0.1, 0.15) is 62.5 Å². The highest BCUT2D eigenvalue weighted by Gasteiger charge is 2.57. The Bertz CT molecular complexity index is 3810. The Balaban J connectivity index is 0.981. The van der Waals surface area contributed by atoms with Crippen molar-refractivity contribution in [2.45, 2.75) is 39.9 Å². The first-order valence-electron chi connectivity index (χ1n) is 27.7. The number of amides is 2. The molecule has 4 N–H and O–H groups in total. The summed E-state index contributed by atoms with van der Waals surface area (Å²) in [6.07, 6.45) is 0.284. The van der Waals surface area contributed by atoms with Gasteiger partial charge in [-0.05, 0) is 34.2 Å². The summed E-state index contributed by atoms with van der Waals surface area (Å²) in [6, 6.07) is 76.9. The predicted molar refractivity (Wildman–Crippen MR) is 345 cm³/mol. The fourth-order valence-electron chi connectivity index (χ4n) is 11.7. The van der Waals surface area contributed by atoms with Gasteiger partial charge in [0.1, 0.15) is 27.3 Å². The lowest BCUT2D eigenvalue weighted by atomic mass is 9.71. The number of allylic oxidation sites excluding steroid dienone is 1. The van der Waals surface area contributed by atoms with Gasteiger partial charge in [-0.25, -0.2) is 9.78 Å². The number of fused-ring (bicyclic) bond motifs is 1. The number of aromatic nitrogens is 3. The van der Waals surface area contributed by atoms with Crippen molar-refractivity contribution in [3.8, 4) is 0 Å². The lowest BCUT2D eigenvalue weighted by Crippen LogP contribution is -2.73. The molecule has 4 heterocycles. The van der Waals surface area contributed by atoms with Crippen LogP contribution in [0.25, 0.3) is 0 Å². The Labute approximate surface area is 519 Å². The highest BCUT2D eigenvalue weighted by molar-refractivity contribution is 8.18. The Morgan fingerprint density at radius 3 is 1.55 bits per heavy atom. The van der Waals surface area contributed by atoms with E-state index >= 15 is 9.59 Å². The first kappa shape index (κ1) is 57.6. The van der Waals surface area contributed by atoms with Gasteiger partial charge in [-0.3, -0.25) is 14.5 Å². The topological polar surface area (TPSA) is 171 Å². The van der Waals surface area contributed by atoms with E-state index in [1.165, 1.54) is 39.8 Å². The monoisotopic (exact) mass is 1230 g/mol. The van der Waals surface area contributed by atoms with E-state index < -0.39 is 46.9 Å². The largest absolute Gasteiger partial charge is 0.477 e. The number of rotatable bonds is 22. The molecule has 2 aliphatic heterocycles. The minimum Gasteiger partial charge on any atom is -0.477 e. The van der Waals surface area contributed by atoms with Crippen LogP contribution in [0.15, 0.2) is 263 Å². The quantitative estimate of drug-likeness (QED) is 0.0127. The van der Waals surface area contributed by atoms with E-state index in [4.69, 9.17) is 26.6 Å². The average molecular weight is 1230 g/mol. The van der Waals surface area contributed by atoms with Crippen molar-refractivity contribution in [1.29, 1.82) is 0 Å². The van der Waals surface area contributed by atoms with Crippen LogP contribution in [0.2, 0.25) is 4.34 Å². The molecule has 2 aromatic heterocycles. The molecular weight excluding hydrogens is 1170 g/mol. The van der Waals surface area contributed by atoms with Crippen molar-refractivity contribution in [2.75, 3.05) is 22.8 Å². The SMILES string of the molecule is CNc1nnc(SCSC2=C(C(=O)O)N3C(=O)[C@@H](NC(=O)C(=NOC(c4ccccc4)(c4ccccc4)c4ccccc4)c4nc(NC(c5ccccc5)(c5ccccc5)c5ccccc5)sc4Cl)[C@H]3CC2C(c2ccccc2)c2ccccc2)s1. The summed E-state index contributed by atoms with van der Waals surface area (Å²) in [5, 5.41) is 36.1. The van der Waals surface area contributed by atoms with Gasteiger partial charge in [0.05, 0.1) is 11.1 Å². The van der Waals surface area contributed by atoms with Gasteiger partial charge in [0.15, 0.2) is 15.2 Å². The molecule has 0 bridgehead atoms. The van der Waals surface area contributed by atoms with Crippen LogP contribution in [0.5, 0.6) is 0 Å². The molecule has 86 heavy (non-hydrogen) atoms. The van der Waals surface area contributed by atoms with Gasteiger partial charge in [-0.1, -0.05) is 294 Å². The molecule has 18 heteroatoms. The molecule has 12 rings (SSSR count). The molecule has 13 nitrogen and oxygen atoms in total. The number of carbonyl (C=O) groups excluding carboxylic acids is 2. The summed E-state index contributed by atoms with van der Waals surface area (Å²) in [6.45, 7) is 0. The van der Waals surface area contributed by atoms with E-state index in [-0.39, 0.29) is 33.8 Å². The maximum Gasteiger partial charge on any atom is 0.353 e. The van der Waals surface area contributed by atoms with Crippen LogP contribution in [0.3, 0.4) is 0 Å². The summed E-state index contributed by atoms with van der Waals surface area (Å²) in [5.41, 5.74) is 3.84. The molecule has 8 aromatic carbocycles. The third-order valence-electron chi connectivity index (χ3n) is 15.5. The zero-order valence-electron chi connectivity index (χ0n) is 46.1. The molecule has 2 amide bonds. The third-order valence-corrected chi connectivity index (χ3v) is 20.1. The van der Waals surface area contributed by atoms with Gasteiger partial charge < -0.3 is 25.9 Å². The molecule has 0 aliphatic carbocycles. The number of aliphatic carboxylic acids is 1. The zero-order valence-corrected chi connectivity index (χ0v) is 50.2. The minimum absolute atomic E-state index is 0.0132. The van der Waals surface area contributed by atoms with Crippen LogP contribution >= 0.6 is 57.8 Å². The van der Waals surface area contributed by atoms with E-state index in [9.17, 15) is 9.90 Å². The summed E-state index contributed by atoms with van der Waals surface area (Å²) < 4.78 is 0.813. The van der Waals surface area contributed by atoms with Crippen LogP contribution in [-0.4, -0.2) is 72.9 Å². The van der Waals surface area contributed by atoms with E-state index in [1.54, 1.807) is 7.05 Å². The number of oxime groups is 1. The van der Waals surface area contributed by atoms with Crippen LogP contribution < -0.4 is 16.0 Å². The highest BCUT2D eigenvalue weighted by Crippen LogP contribution is 2.52. The number of carboxylic acid groups (broad SMARTS) is 1. The second-order valence-electron chi connectivity index (χ2n) is 20.3. The number of benzene rings is 8. The summed E-state index contributed by atoms with van der Waals surface area (Å²) >= 11 is 12.8. The standard InChI is InChI=1S/C68H55ClN8O5S4/c1-70-64-74-75-66(86-64)84-43-83-59-52(54(44-26-10-2-11-27-44)45-28-12-3-13-29-45)42-53-55(62(79)77(53)58(59)63(80)81)71-61(78)57(76-82-68(49-36-20-7-21-37-49,50-38-22-8-23-39-50)51-40-24-9-25-41-51)56-60(69)85-65(72-56)73-67(46-30-14-4-15-31-46,47-32-16-5-17-33-47)48-34-18-6-19-35-48/h2-41,52-55H,42-43H2,1H3,(H,70,74)(H,71,78)(H,72,73)(H,80,81)/t52?,53-,55+/m1/s1. The minimum atomic E-state index is -1.45. The van der Waals surface area contributed by atoms with Gasteiger partial charge in [-0.15, -0.1) is 22.0 Å². The summed E-state index contributed by atoms with van der Waals surface area (Å²) in [4.78, 5) is 59.0. The fourth-order valence-corrected chi connectivity index (χ4v) is 16.1. The zero-order chi connectivity index (χ0) is 59.0. The first-order valence-corrected chi connectivity index (χ1v) is 31.7. The van der Waals surface area contributed by atoms with E-state index in [2.05, 4.69) is 62.5 Å². The van der Waals surface area contributed by atoms with Crippen molar-refractivity contribution >= 4 is 91.6 Å². The molecule has 3 atom stereocenters. The molecule has 0 radical (unpaired) electrons. The molecule has 1 unspecified atom stereocenters. The number of hydrogen-bond donors (Lipinski definition) is 4. The number of thiazole rings is 1. The Kier molecular flexibility index (Phi) is 17.3. The van der Waals surface area contributed by atoms with Gasteiger partial charge in [0.25, 0.3) is 11.8 Å². The Morgan fingerprint density at radius 1 is 0.651 bits per heavy atom. The molecule has 428 valence electrons. The van der Waals surface area contributed by atoms with Gasteiger partial charge in [-0.2, -0.15) is 0 Å². The van der Waals surface area contributed by atoms with Gasteiger partial charge >= 0.3 is 5.97 Å². The normalized spacial score (nSPS) is 16.0. The second-order valence-corrected chi connectivity index (χ2v) is 25.5. The van der Waals surface area contributed by atoms with Crippen LogP contribution in [0, 0.1) is 5.92 Å². The molecule has 0 saturated carbocycles. The number of carboxylic acids is 1. The van der Waals surface area contributed by atoms with Crippen LogP contribution in [-0.2, 0) is 30.4 Å². The van der Waals surface area contributed by atoms with E-state index in [0.29, 0.717) is 41.3 Å². The van der Waals surface area contributed by atoms with Crippen molar-refractivity contribution in [1.82, 2.24) is 25.4 Å². The van der Waals surface area contributed by atoms with Crippen molar-refractivity contribution < 1.29 is 24.3 Å². The van der Waals surface area contributed by atoms with E-state index in [1.807, 2.05) is 206 Å². The maximum atomic E-state index is 15.9. The predicted octanol–water partition coefficient (Wildman–Crippen LogP) is 14.1. The number of carbonyl (C=O) groups is 3. The number of nitrogens with zero attached hydrogens (tertiary/aromatic N) is 5. The third kappa shape index (κ3) is 11.3. The lowest BCUT2D eigenvalue weighted by Gasteiger charge is -2.53. The van der Waals surface area contributed by atoms with Crippen molar-refractivity contribution in [3.05, 3.63) is 308 Å². The Morgan fingerprint density at radius 2 is 1.10 bits per heavy atom. The molecule has 1 saturated heterocycles. The number of halogens is 1. The number of anilines is 2. The molecular formula is C68H55ClN8O5S4.